The predicted octanol–water partition coefficient (Wildman–Crippen LogP) is 1.70. The Kier molecular flexibility index (Phi) is 2.33. The van der Waals surface area contributed by atoms with E-state index in [4.69, 9.17) is 0 Å². The Morgan fingerprint density at radius 3 is 3.07 bits per heavy atom. The van der Waals surface area contributed by atoms with E-state index in [2.05, 4.69) is 29.3 Å². The monoisotopic (exact) mass is 210 g/mol. The van der Waals surface area contributed by atoms with Crippen LogP contribution >= 0.6 is 12.6 Å². The number of aromatic nitrogens is 2. The number of aryl methyl sites for hydroxylation is 1. The number of rotatable bonds is 2. The third-order valence-electron chi connectivity index (χ3n) is 2.07. The van der Waals surface area contributed by atoms with E-state index in [0.717, 1.165) is 18.4 Å². The van der Waals surface area contributed by atoms with Crippen molar-refractivity contribution >= 4 is 23.7 Å². The molecule has 1 aromatic heterocycles. The van der Waals surface area contributed by atoms with Crippen molar-refractivity contribution in [2.75, 3.05) is 0 Å². The summed E-state index contributed by atoms with van der Waals surface area (Å²) in [6, 6.07) is 3.71. The van der Waals surface area contributed by atoms with Crippen LogP contribution in [0.2, 0.25) is 0 Å². The van der Waals surface area contributed by atoms with Crippen molar-refractivity contribution in [2.45, 2.75) is 24.7 Å². The minimum atomic E-state index is 0.411. The highest BCUT2D eigenvalue weighted by Gasteiger charge is 2.13. The fourth-order valence-corrected chi connectivity index (χ4v) is 1.77. The van der Waals surface area contributed by atoms with Crippen LogP contribution in [0.3, 0.4) is 0 Å². The van der Waals surface area contributed by atoms with E-state index < -0.39 is 0 Å². The molecule has 0 saturated heterocycles. The van der Waals surface area contributed by atoms with Gasteiger partial charge in [-0.2, -0.15) is 0 Å². The average Bonchev–Trinajstić information content (AvgIpc) is 2.49. The first-order valence-corrected chi connectivity index (χ1v) is 4.88. The van der Waals surface area contributed by atoms with Gasteiger partial charge in [-0.05, 0) is 29.0 Å². The lowest BCUT2D eigenvalue weighted by molar-refractivity contribution is -0.782. The van der Waals surface area contributed by atoms with Gasteiger partial charge in [-0.3, -0.25) is 4.63 Å². The highest BCUT2D eigenvalue weighted by atomic mass is 32.1. The standard InChI is InChI=1S/C9H10N2O2S/c1-2-3-6-4-7-9(8(14)5-6)10-13-11(7)12/h4-5,14H,2-3H2,1H3. The molecule has 0 atom stereocenters. The van der Waals surface area contributed by atoms with E-state index in [1.165, 1.54) is 0 Å². The molecule has 74 valence electrons. The Morgan fingerprint density at radius 1 is 1.57 bits per heavy atom. The fourth-order valence-electron chi connectivity index (χ4n) is 1.45. The van der Waals surface area contributed by atoms with E-state index in [9.17, 15) is 5.21 Å². The van der Waals surface area contributed by atoms with Crippen LogP contribution in [0.5, 0.6) is 0 Å². The smallest absolute Gasteiger partial charge is 0.261 e. The van der Waals surface area contributed by atoms with Crippen LogP contribution in [0.15, 0.2) is 21.7 Å². The van der Waals surface area contributed by atoms with Crippen molar-refractivity contribution in [2.24, 2.45) is 0 Å². The molecule has 0 aliphatic heterocycles. The molecule has 0 spiro atoms. The summed E-state index contributed by atoms with van der Waals surface area (Å²) in [4.78, 5) is 1.10. The zero-order valence-corrected chi connectivity index (χ0v) is 8.62. The third kappa shape index (κ3) is 1.43. The zero-order valence-electron chi connectivity index (χ0n) is 7.73. The zero-order chi connectivity index (χ0) is 10.1. The fraction of sp³-hybridized carbons (Fsp3) is 0.333. The van der Waals surface area contributed by atoms with Crippen LogP contribution in [0.25, 0.3) is 11.0 Å². The first-order valence-electron chi connectivity index (χ1n) is 4.43. The molecule has 0 amide bonds. The number of nitrogens with zero attached hydrogens (tertiary/aromatic N) is 2. The van der Waals surface area contributed by atoms with Gasteiger partial charge in [0.25, 0.3) is 5.52 Å². The summed E-state index contributed by atoms with van der Waals surface area (Å²) in [6.07, 6.45) is 1.96. The van der Waals surface area contributed by atoms with Gasteiger partial charge in [0.1, 0.15) is 0 Å². The van der Waals surface area contributed by atoms with Crippen molar-refractivity contribution in [1.29, 1.82) is 0 Å². The summed E-state index contributed by atoms with van der Waals surface area (Å²) in [6.45, 7) is 2.08. The molecular formula is C9H10N2O2S. The van der Waals surface area contributed by atoms with E-state index in [1.54, 1.807) is 6.07 Å². The Hall–Kier alpha value is -1.23. The van der Waals surface area contributed by atoms with Gasteiger partial charge in [0.05, 0.1) is 4.90 Å². The molecule has 1 heterocycles. The number of benzene rings is 1. The second-order valence-corrected chi connectivity index (χ2v) is 3.64. The molecule has 2 aromatic rings. The predicted molar refractivity (Wildman–Crippen MR) is 54.2 cm³/mol. The number of hydrogen-bond donors (Lipinski definition) is 1. The lowest BCUT2D eigenvalue weighted by Crippen LogP contribution is -2.22. The van der Waals surface area contributed by atoms with Gasteiger partial charge in [0.15, 0.2) is 0 Å². The lowest BCUT2D eigenvalue weighted by Gasteiger charge is -1.98. The van der Waals surface area contributed by atoms with E-state index >= 15 is 0 Å². The molecular weight excluding hydrogens is 200 g/mol. The van der Waals surface area contributed by atoms with Crippen molar-refractivity contribution in [3.63, 3.8) is 0 Å². The Labute approximate surface area is 86.5 Å². The summed E-state index contributed by atoms with van der Waals surface area (Å²) < 4.78 is 4.49. The molecule has 1 aromatic carbocycles. The molecule has 4 nitrogen and oxygen atoms in total. The van der Waals surface area contributed by atoms with Crippen molar-refractivity contribution < 1.29 is 9.53 Å². The summed E-state index contributed by atoms with van der Waals surface area (Å²) >= 11 is 4.25. The van der Waals surface area contributed by atoms with Gasteiger partial charge in [0, 0.05) is 5.16 Å². The molecule has 5 heteroatoms. The van der Waals surface area contributed by atoms with Crippen LogP contribution in [-0.4, -0.2) is 5.16 Å². The molecule has 0 radical (unpaired) electrons. The molecule has 0 aliphatic carbocycles. The molecule has 0 fully saturated rings. The second kappa shape index (κ2) is 3.49. The highest BCUT2D eigenvalue weighted by molar-refractivity contribution is 7.80. The van der Waals surface area contributed by atoms with Crippen LogP contribution in [-0.2, 0) is 6.42 Å². The third-order valence-corrected chi connectivity index (χ3v) is 2.41. The normalized spacial score (nSPS) is 11.0. The molecule has 2 rings (SSSR count). The van der Waals surface area contributed by atoms with Crippen LogP contribution < -0.4 is 4.90 Å². The average molecular weight is 210 g/mol. The largest absolute Gasteiger partial charge is 0.359 e. The molecule has 14 heavy (non-hydrogen) atoms. The van der Waals surface area contributed by atoms with Crippen molar-refractivity contribution in [3.8, 4) is 0 Å². The topological polar surface area (TPSA) is 53.0 Å². The van der Waals surface area contributed by atoms with Crippen LogP contribution in [0.1, 0.15) is 18.9 Å². The van der Waals surface area contributed by atoms with Crippen molar-refractivity contribution in [3.05, 3.63) is 22.9 Å². The van der Waals surface area contributed by atoms with Crippen LogP contribution in [0.4, 0.5) is 0 Å². The quantitative estimate of drug-likeness (QED) is 0.606. The van der Waals surface area contributed by atoms with Gasteiger partial charge in [0.2, 0.25) is 5.52 Å². The molecule has 0 bridgehead atoms. The van der Waals surface area contributed by atoms with Gasteiger partial charge >= 0.3 is 0 Å². The summed E-state index contributed by atoms with van der Waals surface area (Å²) in [5.74, 6) is 0. The minimum Gasteiger partial charge on any atom is -0.359 e. The minimum absolute atomic E-state index is 0.411. The van der Waals surface area contributed by atoms with Crippen molar-refractivity contribution in [1.82, 2.24) is 5.16 Å². The highest BCUT2D eigenvalue weighted by Crippen LogP contribution is 2.20. The van der Waals surface area contributed by atoms with E-state index in [-0.39, 0.29) is 0 Å². The number of hydrogen-bond acceptors (Lipinski definition) is 4. The Morgan fingerprint density at radius 2 is 2.36 bits per heavy atom. The van der Waals surface area contributed by atoms with Gasteiger partial charge < -0.3 is 5.21 Å². The first kappa shape index (κ1) is 9.33. The molecule has 0 saturated carbocycles. The maximum Gasteiger partial charge on any atom is 0.261 e. The van der Waals surface area contributed by atoms with E-state index in [1.807, 2.05) is 6.07 Å². The SMILES string of the molecule is CCCc1cc(S)c2no[n+]([O-])c2c1. The Bertz CT molecular complexity index is 467. The number of thiol groups is 1. The molecule has 0 N–H and O–H groups in total. The Balaban J connectivity index is 2.63. The second-order valence-electron chi connectivity index (χ2n) is 3.16. The first-order chi connectivity index (χ1) is 6.72. The van der Waals surface area contributed by atoms with Gasteiger partial charge in [-0.25, -0.2) is 0 Å². The molecule has 0 unspecified atom stereocenters. The van der Waals surface area contributed by atoms with E-state index in [0.29, 0.717) is 20.8 Å². The maximum absolute atomic E-state index is 11.1. The van der Waals surface area contributed by atoms with Crippen LogP contribution in [0, 0.1) is 5.21 Å². The lowest BCUT2D eigenvalue weighted by atomic mass is 10.1. The maximum atomic E-state index is 11.1. The summed E-state index contributed by atoms with van der Waals surface area (Å²) in [7, 11) is 0. The van der Waals surface area contributed by atoms with Gasteiger partial charge in [-0.1, -0.05) is 13.3 Å². The summed E-state index contributed by atoms with van der Waals surface area (Å²) in [5, 5.41) is 14.8. The molecule has 0 aliphatic rings. The van der Waals surface area contributed by atoms with Gasteiger partial charge in [-0.15, -0.1) is 12.6 Å². The number of fused-ring (bicyclic) bond motifs is 1. The summed E-state index contributed by atoms with van der Waals surface area (Å²) in [5.41, 5.74) is 2.04.